The first kappa shape index (κ1) is 53.6. The van der Waals surface area contributed by atoms with E-state index in [1.54, 1.807) is 36.5 Å². The third kappa shape index (κ3) is 38.5. The number of aliphatic hydroxyl groups is 2. The van der Waals surface area contributed by atoms with E-state index in [2.05, 4.69) is 32.1 Å². The number of aliphatic hydroxyl groups excluding tert-OH is 2. The smallest absolute Gasteiger partial charge is 0.462 e. The lowest BCUT2D eigenvalue weighted by molar-refractivity contribution is -0.870. The highest BCUT2D eigenvalue weighted by Crippen LogP contribution is 2.43. The SMILES string of the molecule is CCCCC/C=C\C[C@H](O)/C=C/C=C/C=C\[C@H](O)CCCC(=O)O[C@H](COC(=O)CCCCCCC/C=C\CCCCCC)COP(=O)(O)OCC[N+](C)(C)C. The standard InChI is InChI=1S/C44H78NO10P/c1-6-8-10-12-14-15-16-17-18-19-20-22-28-34-43(48)52-38-42(39-54-56(50,51)53-37-36-45(3,4)5)55-44(49)35-29-33-41(47)32-27-24-23-26-31-40(46)30-25-21-13-11-9-7-2/h15-16,21,23-27,31-32,40-42,46-47H,6-14,17-20,22,28-30,33-39H2,1-5H3/p+1/b16-15-,24-23+,25-21-,31-26+,32-27-/t40-,41-,42+/m0/s1. The van der Waals surface area contributed by atoms with E-state index in [1.807, 2.05) is 27.2 Å². The molecule has 0 amide bonds. The van der Waals surface area contributed by atoms with Crippen molar-refractivity contribution in [3.63, 3.8) is 0 Å². The molecule has 0 aliphatic rings. The molecule has 0 spiro atoms. The zero-order chi connectivity index (χ0) is 41.8. The summed E-state index contributed by atoms with van der Waals surface area (Å²) in [5.74, 6) is -1.06. The number of phosphoric acid groups is 1. The highest BCUT2D eigenvalue weighted by Gasteiger charge is 2.27. The summed E-state index contributed by atoms with van der Waals surface area (Å²) >= 11 is 0. The Bertz CT molecular complexity index is 1180. The molecule has 56 heavy (non-hydrogen) atoms. The molecule has 0 rings (SSSR count). The molecule has 0 saturated carbocycles. The van der Waals surface area contributed by atoms with Crippen molar-refractivity contribution in [1.29, 1.82) is 0 Å². The van der Waals surface area contributed by atoms with Crippen molar-refractivity contribution in [3.05, 3.63) is 60.8 Å². The fraction of sp³-hybridized carbons (Fsp3) is 0.727. The number of carbonyl (C=O) groups excluding carboxylic acids is 2. The molecule has 0 aromatic heterocycles. The second-order valence-corrected chi connectivity index (χ2v) is 16.9. The van der Waals surface area contributed by atoms with Crippen LogP contribution in [0.25, 0.3) is 0 Å². The van der Waals surface area contributed by atoms with E-state index in [1.165, 1.54) is 44.9 Å². The van der Waals surface area contributed by atoms with Crippen molar-refractivity contribution in [3.8, 4) is 0 Å². The number of carbonyl (C=O) groups is 2. The van der Waals surface area contributed by atoms with Crippen molar-refractivity contribution >= 4 is 19.8 Å². The number of esters is 2. The van der Waals surface area contributed by atoms with Gasteiger partial charge in [0, 0.05) is 12.8 Å². The van der Waals surface area contributed by atoms with Gasteiger partial charge in [-0.05, 0) is 64.2 Å². The Morgan fingerprint density at radius 3 is 1.82 bits per heavy atom. The number of allylic oxidation sites excluding steroid dienone is 7. The Morgan fingerprint density at radius 1 is 0.643 bits per heavy atom. The van der Waals surface area contributed by atoms with Crippen molar-refractivity contribution in [1.82, 2.24) is 0 Å². The maximum absolute atomic E-state index is 12.7. The van der Waals surface area contributed by atoms with E-state index in [-0.39, 0.29) is 26.1 Å². The maximum Gasteiger partial charge on any atom is 0.472 e. The van der Waals surface area contributed by atoms with Crippen molar-refractivity contribution < 1.29 is 52.3 Å². The van der Waals surface area contributed by atoms with Gasteiger partial charge in [-0.1, -0.05) is 126 Å². The van der Waals surface area contributed by atoms with Gasteiger partial charge in [0.15, 0.2) is 6.10 Å². The molecule has 0 fully saturated rings. The lowest BCUT2D eigenvalue weighted by atomic mass is 10.1. The average Bonchev–Trinajstić information content (AvgIpc) is 3.13. The molecule has 0 aromatic carbocycles. The van der Waals surface area contributed by atoms with Crippen LogP contribution in [0.4, 0.5) is 0 Å². The van der Waals surface area contributed by atoms with Gasteiger partial charge in [0.25, 0.3) is 0 Å². The van der Waals surface area contributed by atoms with E-state index in [4.69, 9.17) is 18.5 Å². The number of ether oxygens (including phenoxy) is 2. The van der Waals surface area contributed by atoms with Gasteiger partial charge in [-0.15, -0.1) is 0 Å². The number of likely N-dealkylation sites (N-methyl/N-ethyl adjacent to an activating group) is 1. The zero-order valence-corrected chi connectivity index (χ0v) is 36.5. The van der Waals surface area contributed by atoms with Gasteiger partial charge in [-0.2, -0.15) is 0 Å². The largest absolute Gasteiger partial charge is 0.472 e. The molecule has 0 radical (unpaired) electrons. The Morgan fingerprint density at radius 2 is 1.18 bits per heavy atom. The summed E-state index contributed by atoms with van der Waals surface area (Å²) in [6, 6.07) is 0. The molecule has 0 aliphatic heterocycles. The highest BCUT2D eigenvalue weighted by molar-refractivity contribution is 7.47. The third-order valence-corrected chi connectivity index (χ3v) is 9.69. The number of unbranched alkanes of at least 4 members (excludes halogenated alkanes) is 12. The summed E-state index contributed by atoms with van der Waals surface area (Å²) in [6.45, 7) is 4.02. The topological polar surface area (TPSA) is 149 Å². The molecule has 0 heterocycles. The number of rotatable bonds is 37. The summed E-state index contributed by atoms with van der Waals surface area (Å²) in [7, 11) is 1.31. The van der Waals surface area contributed by atoms with Gasteiger partial charge >= 0.3 is 19.8 Å². The Kier molecular flexibility index (Phi) is 34.3. The lowest BCUT2D eigenvalue weighted by Crippen LogP contribution is -2.37. The first-order chi connectivity index (χ1) is 26.8. The number of phosphoric ester groups is 1. The molecule has 324 valence electrons. The fourth-order valence-electron chi connectivity index (χ4n) is 5.26. The van der Waals surface area contributed by atoms with Gasteiger partial charge in [0.05, 0.1) is 40.0 Å². The monoisotopic (exact) mass is 813 g/mol. The summed E-state index contributed by atoms with van der Waals surface area (Å²) in [5.41, 5.74) is 0. The molecule has 0 aromatic rings. The molecule has 0 aliphatic carbocycles. The van der Waals surface area contributed by atoms with Gasteiger partial charge in [-0.25, -0.2) is 4.57 Å². The molecule has 0 saturated heterocycles. The Balaban J connectivity index is 4.69. The summed E-state index contributed by atoms with van der Waals surface area (Å²) in [4.78, 5) is 35.3. The first-order valence-corrected chi connectivity index (χ1v) is 22.7. The van der Waals surface area contributed by atoms with E-state index in [0.29, 0.717) is 36.7 Å². The second-order valence-electron chi connectivity index (χ2n) is 15.4. The van der Waals surface area contributed by atoms with Crippen LogP contribution in [0, 0.1) is 0 Å². The minimum absolute atomic E-state index is 0.0178. The van der Waals surface area contributed by atoms with Crippen LogP contribution >= 0.6 is 7.82 Å². The van der Waals surface area contributed by atoms with Gasteiger partial charge < -0.3 is 29.1 Å². The molecule has 11 nitrogen and oxygen atoms in total. The zero-order valence-electron chi connectivity index (χ0n) is 35.6. The number of hydrogen-bond acceptors (Lipinski definition) is 9. The van der Waals surface area contributed by atoms with Crippen LogP contribution in [0.2, 0.25) is 0 Å². The van der Waals surface area contributed by atoms with Crippen molar-refractivity contribution in [2.75, 3.05) is 47.5 Å². The van der Waals surface area contributed by atoms with Crippen LogP contribution in [-0.4, -0.2) is 97.3 Å². The molecular formula is C44H79NO10P+. The first-order valence-electron chi connectivity index (χ1n) is 21.2. The van der Waals surface area contributed by atoms with Gasteiger partial charge in [0.1, 0.15) is 19.8 Å². The maximum atomic E-state index is 12.7. The van der Waals surface area contributed by atoms with E-state index >= 15 is 0 Å². The predicted octanol–water partition coefficient (Wildman–Crippen LogP) is 9.63. The highest BCUT2D eigenvalue weighted by atomic mass is 31.2. The van der Waals surface area contributed by atoms with Crippen LogP contribution in [0.3, 0.4) is 0 Å². The quantitative estimate of drug-likeness (QED) is 0.0138. The second kappa shape index (κ2) is 35.8. The average molecular weight is 813 g/mol. The van der Waals surface area contributed by atoms with Crippen molar-refractivity contribution in [2.45, 2.75) is 161 Å². The van der Waals surface area contributed by atoms with Crippen LogP contribution in [-0.2, 0) is 32.7 Å². The predicted molar refractivity (Wildman–Crippen MR) is 227 cm³/mol. The van der Waals surface area contributed by atoms with Gasteiger partial charge in [-0.3, -0.25) is 18.6 Å². The van der Waals surface area contributed by atoms with E-state index in [0.717, 1.165) is 44.9 Å². The van der Waals surface area contributed by atoms with Crippen LogP contribution in [0.1, 0.15) is 142 Å². The van der Waals surface area contributed by atoms with Crippen LogP contribution in [0.15, 0.2) is 60.8 Å². The molecule has 3 N–H and O–H groups in total. The lowest BCUT2D eigenvalue weighted by Gasteiger charge is -2.24. The van der Waals surface area contributed by atoms with Crippen LogP contribution < -0.4 is 0 Å². The molecule has 12 heteroatoms. The van der Waals surface area contributed by atoms with E-state index < -0.39 is 44.7 Å². The minimum atomic E-state index is -4.45. The summed E-state index contributed by atoms with van der Waals surface area (Å²) in [6.07, 6.45) is 34.7. The normalized spacial score (nSPS) is 15.4. The minimum Gasteiger partial charge on any atom is -0.462 e. The van der Waals surface area contributed by atoms with Gasteiger partial charge in [0.2, 0.25) is 0 Å². The third-order valence-electron chi connectivity index (χ3n) is 8.71. The Hall–Kier alpha value is -2.37. The summed E-state index contributed by atoms with van der Waals surface area (Å²) in [5, 5.41) is 20.3. The number of quaternary nitrogens is 1. The fourth-order valence-corrected chi connectivity index (χ4v) is 6.00. The van der Waals surface area contributed by atoms with Crippen molar-refractivity contribution in [2.24, 2.45) is 0 Å². The number of nitrogens with zero attached hydrogens (tertiary/aromatic N) is 1. The van der Waals surface area contributed by atoms with E-state index in [9.17, 15) is 29.3 Å². The molecular weight excluding hydrogens is 733 g/mol. The Labute approximate surface area is 340 Å². The summed E-state index contributed by atoms with van der Waals surface area (Å²) < 4.78 is 34.0. The molecule has 1 unspecified atom stereocenters. The molecule has 4 atom stereocenters. The van der Waals surface area contributed by atoms with Crippen LogP contribution in [0.5, 0.6) is 0 Å². The molecule has 0 bridgehead atoms. The number of hydrogen-bond donors (Lipinski definition) is 3.